The Labute approximate surface area is 232 Å². The van der Waals surface area contributed by atoms with Crippen LogP contribution < -0.4 is 19.5 Å². The Morgan fingerprint density at radius 2 is 1.45 bits per heavy atom. The summed E-state index contributed by atoms with van der Waals surface area (Å²) in [6, 6.07) is 28.1. The molecule has 0 radical (unpaired) electrons. The van der Waals surface area contributed by atoms with Crippen LogP contribution in [-0.4, -0.2) is 50.0 Å². The summed E-state index contributed by atoms with van der Waals surface area (Å²) in [6.45, 7) is -0.0737. The number of methoxy groups -OCH3 is 2. The van der Waals surface area contributed by atoms with Crippen molar-refractivity contribution in [3.05, 3.63) is 113 Å². The molecule has 0 aliphatic heterocycles. The topological polar surface area (TPSA) is 106 Å². The van der Waals surface area contributed by atoms with Crippen molar-refractivity contribution in [1.29, 1.82) is 0 Å². The van der Waals surface area contributed by atoms with Crippen molar-refractivity contribution in [3.63, 3.8) is 0 Å². The second-order valence-electron chi connectivity index (χ2n) is 9.37. The van der Waals surface area contributed by atoms with E-state index in [1.54, 1.807) is 50.6 Å². The smallest absolute Gasteiger partial charge is 0.407 e. The molecule has 1 aliphatic carbocycles. The molecule has 8 nitrogen and oxygen atoms in total. The van der Waals surface area contributed by atoms with E-state index in [0.29, 0.717) is 22.8 Å². The summed E-state index contributed by atoms with van der Waals surface area (Å²) in [4.78, 5) is 13.3. The minimum atomic E-state index is -1.58. The lowest BCUT2D eigenvalue weighted by Crippen LogP contribution is -2.31. The molecule has 3 N–H and O–H groups in total. The molecule has 5 rings (SSSR count). The van der Waals surface area contributed by atoms with Crippen LogP contribution in [0, 0.1) is 0 Å². The molecule has 206 valence electrons. The molecular weight excluding hydrogens is 510 g/mol. The van der Waals surface area contributed by atoms with Crippen molar-refractivity contribution in [2.45, 2.75) is 18.2 Å². The van der Waals surface area contributed by atoms with Gasteiger partial charge in [-0.2, -0.15) is 0 Å². The third-order valence-corrected chi connectivity index (χ3v) is 6.97. The minimum absolute atomic E-state index is 0.0644. The first-order valence-electron chi connectivity index (χ1n) is 12.9. The highest BCUT2D eigenvalue weighted by Gasteiger charge is 2.30. The Kier molecular flexibility index (Phi) is 8.19. The van der Waals surface area contributed by atoms with E-state index in [1.165, 1.54) is 0 Å². The van der Waals surface area contributed by atoms with E-state index in [2.05, 4.69) is 29.6 Å². The van der Waals surface area contributed by atoms with Crippen LogP contribution >= 0.6 is 0 Å². The van der Waals surface area contributed by atoms with Gasteiger partial charge in [0.15, 0.2) is 6.29 Å². The van der Waals surface area contributed by atoms with Crippen molar-refractivity contribution < 1.29 is 34.0 Å². The summed E-state index contributed by atoms with van der Waals surface area (Å²) < 4.78 is 22.2. The van der Waals surface area contributed by atoms with Gasteiger partial charge in [-0.1, -0.05) is 60.7 Å². The standard InChI is InChI=1S/C32H31NO7/c1-37-22-15-16-27(29(17-22)38-2)31(20-11-13-21(14-12-20)39-19-30(34)35)33-32(36)40-18-28-25-9-5-3-7-23(25)24-8-4-6-10-26(24)28/h3-17,28,30-31,34-35H,18-19H2,1-2H3,(H,33,36). The zero-order valence-electron chi connectivity index (χ0n) is 22.2. The maximum Gasteiger partial charge on any atom is 0.407 e. The first kappa shape index (κ1) is 27.1. The van der Waals surface area contributed by atoms with E-state index in [-0.39, 0.29) is 19.1 Å². The summed E-state index contributed by atoms with van der Waals surface area (Å²) in [5.41, 5.74) is 6.03. The molecule has 0 spiro atoms. The maximum atomic E-state index is 13.3. The molecule has 40 heavy (non-hydrogen) atoms. The minimum Gasteiger partial charge on any atom is -0.497 e. The Balaban J connectivity index is 1.38. The van der Waals surface area contributed by atoms with Gasteiger partial charge >= 0.3 is 6.09 Å². The highest BCUT2D eigenvalue weighted by molar-refractivity contribution is 5.79. The van der Waals surface area contributed by atoms with Gasteiger partial charge in [-0.05, 0) is 52.1 Å². The van der Waals surface area contributed by atoms with Crippen molar-refractivity contribution in [2.75, 3.05) is 27.4 Å². The van der Waals surface area contributed by atoms with E-state index in [0.717, 1.165) is 27.8 Å². The molecule has 1 aliphatic rings. The lowest BCUT2D eigenvalue weighted by molar-refractivity contribution is -0.0680. The normalized spacial score (nSPS) is 12.8. The number of rotatable bonds is 10. The van der Waals surface area contributed by atoms with Gasteiger partial charge in [-0.15, -0.1) is 0 Å². The average molecular weight is 542 g/mol. The van der Waals surface area contributed by atoms with Crippen LogP contribution in [-0.2, 0) is 4.74 Å². The predicted molar refractivity (Wildman–Crippen MR) is 150 cm³/mol. The number of nitrogens with one attached hydrogen (secondary N) is 1. The fourth-order valence-electron chi connectivity index (χ4n) is 5.08. The van der Waals surface area contributed by atoms with Crippen molar-refractivity contribution >= 4 is 6.09 Å². The van der Waals surface area contributed by atoms with E-state index < -0.39 is 18.4 Å². The molecular formula is C32H31NO7. The third kappa shape index (κ3) is 5.73. The largest absolute Gasteiger partial charge is 0.497 e. The van der Waals surface area contributed by atoms with Crippen LogP contribution in [0.1, 0.15) is 34.2 Å². The third-order valence-electron chi connectivity index (χ3n) is 6.97. The Bertz CT molecular complexity index is 1420. The Hall–Kier alpha value is -4.53. The summed E-state index contributed by atoms with van der Waals surface area (Å²) >= 11 is 0. The first-order valence-corrected chi connectivity index (χ1v) is 12.9. The maximum absolute atomic E-state index is 13.3. The zero-order chi connectivity index (χ0) is 28.1. The first-order chi connectivity index (χ1) is 19.5. The van der Waals surface area contributed by atoms with Crippen molar-refractivity contribution in [3.8, 4) is 28.4 Å². The SMILES string of the molecule is COc1ccc(C(NC(=O)OCC2c3ccccc3-c3ccccc32)c2ccc(OCC(O)O)cc2)c(OC)c1. The van der Waals surface area contributed by atoms with Gasteiger partial charge in [0, 0.05) is 17.5 Å². The number of carbonyl (C=O) groups is 1. The molecule has 0 bridgehead atoms. The molecule has 8 heteroatoms. The van der Waals surface area contributed by atoms with E-state index >= 15 is 0 Å². The fraction of sp³-hybridized carbons (Fsp3) is 0.219. The molecule has 0 fully saturated rings. The van der Waals surface area contributed by atoms with Gasteiger partial charge in [0.1, 0.15) is 30.5 Å². The van der Waals surface area contributed by atoms with Gasteiger partial charge < -0.3 is 34.5 Å². The number of amides is 1. The van der Waals surface area contributed by atoms with E-state index in [9.17, 15) is 4.79 Å². The highest BCUT2D eigenvalue weighted by atomic mass is 16.6. The molecule has 1 unspecified atom stereocenters. The van der Waals surface area contributed by atoms with Gasteiger partial charge in [0.25, 0.3) is 0 Å². The number of carbonyl (C=O) groups excluding carboxylic acids is 1. The summed E-state index contributed by atoms with van der Waals surface area (Å²) in [5.74, 6) is 1.54. The number of ether oxygens (including phenoxy) is 4. The second kappa shape index (κ2) is 12.1. The number of hydrogen-bond donors (Lipinski definition) is 3. The summed E-state index contributed by atoms with van der Waals surface area (Å²) in [5, 5.41) is 21.2. The van der Waals surface area contributed by atoms with Crippen LogP contribution in [0.4, 0.5) is 4.79 Å². The Morgan fingerprint density at radius 3 is 2.05 bits per heavy atom. The van der Waals surface area contributed by atoms with Crippen LogP contribution in [0.15, 0.2) is 91.0 Å². The highest BCUT2D eigenvalue weighted by Crippen LogP contribution is 2.44. The van der Waals surface area contributed by atoms with E-state index in [4.69, 9.17) is 29.2 Å². The van der Waals surface area contributed by atoms with Gasteiger partial charge in [-0.3, -0.25) is 0 Å². The Morgan fingerprint density at radius 1 is 0.825 bits per heavy atom. The summed E-state index contributed by atoms with van der Waals surface area (Å²) in [7, 11) is 3.13. The van der Waals surface area contributed by atoms with Gasteiger partial charge in [0.2, 0.25) is 0 Å². The molecule has 1 atom stereocenters. The van der Waals surface area contributed by atoms with Gasteiger partial charge in [0.05, 0.1) is 20.3 Å². The van der Waals surface area contributed by atoms with Crippen molar-refractivity contribution in [2.24, 2.45) is 0 Å². The lowest BCUT2D eigenvalue weighted by atomic mass is 9.97. The van der Waals surface area contributed by atoms with Gasteiger partial charge in [-0.25, -0.2) is 4.79 Å². The van der Waals surface area contributed by atoms with Crippen molar-refractivity contribution in [1.82, 2.24) is 5.32 Å². The zero-order valence-corrected chi connectivity index (χ0v) is 22.2. The number of aliphatic hydroxyl groups excluding tert-OH is 1. The molecule has 0 saturated carbocycles. The second-order valence-corrected chi connectivity index (χ2v) is 9.37. The monoisotopic (exact) mass is 541 g/mol. The molecule has 0 saturated heterocycles. The summed E-state index contributed by atoms with van der Waals surface area (Å²) in [6.07, 6.45) is -2.15. The predicted octanol–water partition coefficient (Wildman–Crippen LogP) is 5.02. The number of alkyl carbamates (subject to hydrolysis) is 1. The number of hydrogen-bond acceptors (Lipinski definition) is 7. The molecule has 4 aromatic rings. The molecule has 0 aromatic heterocycles. The molecule has 0 heterocycles. The van der Waals surface area contributed by atoms with Crippen LogP contribution in [0.2, 0.25) is 0 Å². The number of aliphatic hydroxyl groups is 2. The fourth-order valence-corrected chi connectivity index (χ4v) is 5.08. The molecule has 1 amide bonds. The molecule has 4 aromatic carbocycles. The quantitative estimate of drug-likeness (QED) is 0.242. The average Bonchev–Trinajstić information content (AvgIpc) is 3.31. The number of fused-ring (bicyclic) bond motifs is 3. The van der Waals surface area contributed by atoms with Crippen LogP contribution in [0.3, 0.4) is 0 Å². The lowest BCUT2D eigenvalue weighted by Gasteiger charge is -2.23. The van der Waals surface area contributed by atoms with Crippen LogP contribution in [0.25, 0.3) is 11.1 Å². The van der Waals surface area contributed by atoms with Crippen LogP contribution in [0.5, 0.6) is 17.2 Å². The van der Waals surface area contributed by atoms with E-state index in [1.807, 2.05) is 30.3 Å². The number of benzene rings is 4.